The van der Waals surface area contributed by atoms with Gasteiger partial charge in [-0.15, -0.1) is 0 Å². The number of benzene rings is 1. The van der Waals surface area contributed by atoms with Gasteiger partial charge in [0.25, 0.3) is 0 Å². The maximum Gasteiger partial charge on any atom is 0.157 e. The number of hydrogen-bond donors (Lipinski definition) is 1. The molecule has 0 radical (unpaired) electrons. The zero-order valence-corrected chi connectivity index (χ0v) is 14.1. The first-order valence-electron chi connectivity index (χ1n) is 8.74. The minimum Gasteiger partial charge on any atom is -0.337 e. The minimum atomic E-state index is 0.853. The molecule has 23 heavy (non-hydrogen) atoms. The fraction of sp³-hybridized carbons (Fsp3) is 0.400. The summed E-state index contributed by atoms with van der Waals surface area (Å²) < 4.78 is 0. The third-order valence-electron chi connectivity index (χ3n) is 4.34. The monoisotopic (exact) mass is 307 g/mol. The summed E-state index contributed by atoms with van der Waals surface area (Å²) in [5, 5.41) is 0. The molecule has 3 rings (SSSR count). The molecule has 0 aliphatic carbocycles. The van der Waals surface area contributed by atoms with E-state index in [1.807, 2.05) is 6.20 Å². The van der Waals surface area contributed by atoms with Crippen LogP contribution in [0.4, 0.5) is 0 Å². The van der Waals surface area contributed by atoms with E-state index in [1.54, 1.807) is 0 Å². The summed E-state index contributed by atoms with van der Waals surface area (Å²) in [4.78, 5) is 12.6. The van der Waals surface area contributed by atoms with Crippen LogP contribution in [0, 0.1) is 0 Å². The Hall–Kier alpha value is -2.16. The SMILES string of the molecule is CCCCCCc1ccc(-c2nc3ccc(CC)cc3[nH]2)nc1. The highest BCUT2D eigenvalue weighted by atomic mass is 14.9. The van der Waals surface area contributed by atoms with E-state index < -0.39 is 0 Å². The van der Waals surface area contributed by atoms with Gasteiger partial charge in [-0.25, -0.2) is 4.98 Å². The number of aromatic nitrogens is 3. The van der Waals surface area contributed by atoms with Crippen LogP contribution in [0.2, 0.25) is 0 Å². The van der Waals surface area contributed by atoms with Crippen LogP contribution in [0.3, 0.4) is 0 Å². The lowest BCUT2D eigenvalue weighted by atomic mass is 10.1. The van der Waals surface area contributed by atoms with Crippen molar-refractivity contribution in [2.24, 2.45) is 0 Å². The van der Waals surface area contributed by atoms with E-state index >= 15 is 0 Å². The first kappa shape index (κ1) is 15.7. The van der Waals surface area contributed by atoms with Crippen molar-refractivity contribution < 1.29 is 0 Å². The molecule has 0 spiro atoms. The molecule has 3 aromatic rings. The molecule has 0 saturated carbocycles. The Bertz CT molecular complexity index is 756. The molecule has 0 unspecified atom stereocenters. The Balaban J connectivity index is 1.73. The van der Waals surface area contributed by atoms with Gasteiger partial charge in [0.1, 0.15) is 5.69 Å². The second-order valence-corrected chi connectivity index (χ2v) is 6.15. The van der Waals surface area contributed by atoms with E-state index in [4.69, 9.17) is 0 Å². The molecular weight excluding hydrogens is 282 g/mol. The van der Waals surface area contributed by atoms with E-state index in [-0.39, 0.29) is 0 Å². The topological polar surface area (TPSA) is 41.6 Å². The summed E-state index contributed by atoms with van der Waals surface area (Å²) in [6.07, 6.45) is 9.31. The predicted octanol–water partition coefficient (Wildman–Crippen LogP) is 5.31. The van der Waals surface area contributed by atoms with Crippen molar-refractivity contribution in [1.82, 2.24) is 15.0 Å². The Morgan fingerprint density at radius 3 is 2.57 bits per heavy atom. The van der Waals surface area contributed by atoms with Crippen molar-refractivity contribution in [1.29, 1.82) is 0 Å². The molecule has 0 bridgehead atoms. The Kier molecular flexibility index (Phi) is 5.06. The summed E-state index contributed by atoms with van der Waals surface area (Å²) in [5.74, 6) is 0.853. The number of unbranched alkanes of at least 4 members (excludes halogenated alkanes) is 3. The van der Waals surface area contributed by atoms with Gasteiger partial charge in [-0.3, -0.25) is 4.98 Å². The van der Waals surface area contributed by atoms with Crippen molar-refractivity contribution in [3.63, 3.8) is 0 Å². The van der Waals surface area contributed by atoms with Crippen molar-refractivity contribution in [2.75, 3.05) is 0 Å². The van der Waals surface area contributed by atoms with E-state index in [2.05, 4.69) is 59.1 Å². The highest BCUT2D eigenvalue weighted by Gasteiger charge is 2.07. The second-order valence-electron chi connectivity index (χ2n) is 6.15. The summed E-state index contributed by atoms with van der Waals surface area (Å²) in [7, 11) is 0. The average Bonchev–Trinajstić information content (AvgIpc) is 3.02. The Labute approximate surface area is 138 Å². The number of pyridine rings is 1. The van der Waals surface area contributed by atoms with E-state index in [1.165, 1.54) is 36.8 Å². The van der Waals surface area contributed by atoms with E-state index in [9.17, 15) is 0 Å². The van der Waals surface area contributed by atoms with Crippen LogP contribution in [0.5, 0.6) is 0 Å². The summed E-state index contributed by atoms with van der Waals surface area (Å²) >= 11 is 0. The van der Waals surface area contributed by atoms with Crippen LogP contribution in [-0.2, 0) is 12.8 Å². The van der Waals surface area contributed by atoms with Crippen LogP contribution in [0.1, 0.15) is 50.7 Å². The maximum absolute atomic E-state index is 4.66. The largest absolute Gasteiger partial charge is 0.337 e. The van der Waals surface area contributed by atoms with Crippen molar-refractivity contribution in [2.45, 2.75) is 52.4 Å². The fourth-order valence-electron chi connectivity index (χ4n) is 2.87. The lowest BCUT2D eigenvalue weighted by Crippen LogP contribution is -1.90. The van der Waals surface area contributed by atoms with Crippen LogP contribution in [0.25, 0.3) is 22.6 Å². The molecule has 1 aromatic carbocycles. The maximum atomic E-state index is 4.66. The molecule has 0 aliphatic rings. The number of rotatable bonds is 7. The lowest BCUT2D eigenvalue weighted by Gasteiger charge is -2.02. The molecule has 2 heterocycles. The molecule has 0 fully saturated rings. The van der Waals surface area contributed by atoms with Crippen LogP contribution < -0.4 is 0 Å². The summed E-state index contributed by atoms with van der Waals surface area (Å²) in [6.45, 7) is 4.41. The minimum absolute atomic E-state index is 0.853. The third-order valence-corrected chi connectivity index (χ3v) is 4.34. The van der Waals surface area contributed by atoms with Gasteiger partial charge in [0.05, 0.1) is 11.0 Å². The Morgan fingerprint density at radius 2 is 1.83 bits per heavy atom. The van der Waals surface area contributed by atoms with Gasteiger partial charge in [-0.05, 0) is 48.6 Å². The van der Waals surface area contributed by atoms with Gasteiger partial charge in [-0.2, -0.15) is 0 Å². The van der Waals surface area contributed by atoms with Crippen molar-refractivity contribution in [3.8, 4) is 11.5 Å². The highest BCUT2D eigenvalue weighted by Crippen LogP contribution is 2.20. The quantitative estimate of drug-likeness (QED) is 0.601. The van der Waals surface area contributed by atoms with Gasteiger partial charge < -0.3 is 4.98 Å². The average molecular weight is 307 g/mol. The molecule has 120 valence electrons. The molecule has 1 N–H and O–H groups in total. The predicted molar refractivity (Wildman–Crippen MR) is 96.5 cm³/mol. The number of H-pyrrole nitrogens is 1. The molecule has 0 saturated heterocycles. The van der Waals surface area contributed by atoms with Gasteiger partial charge in [0, 0.05) is 6.20 Å². The van der Waals surface area contributed by atoms with E-state index in [0.29, 0.717) is 0 Å². The van der Waals surface area contributed by atoms with Gasteiger partial charge >= 0.3 is 0 Å². The van der Waals surface area contributed by atoms with Gasteiger partial charge in [0.2, 0.25) is 0 Å². The van der Waals surface area contributed by atoms with E-state index in [0.717, 1.165) is 35.4 Å². The Morgan fingerprint density at radius 1 is 0.957 bits per heavy atom. The molecule has 2 aromatic heterocycles. The number of aryl methyl sites for hydroxylation is 2. The zero-order chi connectivity index (χ0) is 16.1. The zero-order valence-electron chi connectivity index (χ0n) is 14.1. The van der Waals surface area contributed by atoms with Gasteiger partial charge in [0.15, 0.2) is 5.82 Å². The first-order chi connectivity index (χ1) is 11.3. The molecule has 3 heteroatoms. The standard InChI is InChI=1S/C20H25N3/c1-3-5-6-7-8-16-10-12-18(21-14-16)20-22-17-11-9-15(4-2)13-19(17)23-20/h9-14H,3-8H2,1-2H3,(H,22,23). The number of nitrogens with one attached hydrogen (secondary N) is 1. The van der Waals surface area contributed by atoms with Crippen LogP contribution in [0.15, 0.2) is 36.5 Å². The smallest absolute Gasteiger partial charge is 0.157 e. The van der Waals surface area contributed by atoms with Gasteiger partial charge in [-0.1, -0.05) is 45.2 Å². The highest BCUT2D eigenvalue weighted by molar-refractivity contribution is 5.79. The summed E-state index contributed by atoms with van der Waals surface area (Å²) in [6, 6.07) is 10.6. The number of nitrogens with zero attached hydrogens (tertiary/aromatic N) is 2. The number of fused-ring (bicyclic) bond motifs is 1. The molecule has 3 nitrogen and oxygen atoms in total. The lowest BCUT2D eigenvalue weighted by molar-refractivity contribution is 0.666. The number of hydrogen-bond acceptors (Lipinski definition) is 2. The van der Waals surface area contributed by atoms with Crippen molar-refractivity contribution >= 4 is 11.0 Å². The van der Waals surface area contributed by atoms with Crippen molar-refractivity contribution in [3.05, 3.63) is 47.7 Å². The number of imidazole rings is 1. The van der Waals surface area contributed by atoms with Crippen LogP contribution in [-0.4, -0.2) is 15.0 Å². The third kappa shape index (κ3) is 3.79. The first-order valence-corrected chi connectivity index (χ1v) is 8.74. The fourth-order valence-corrected chi connectivity index (χ4v) is 2.87. The number of aromatic amines is 1. The molecular formula is C20H25N3. The molecule has 0 aliphatic heterocycles. The second kappa shape index (κ2) is 7.40. The molecule has 0 atom stereocenters. The molecule has 0 amide bonds. The summed E-state index contributed by atoms with van der Waals surface area (Å²) in [5.41, 5.74) is 5.64. The van der Waals surface area contributed by atoms with Crippen LogP contribution >= 0.6 is 0 Å². The normalized spacial score (nSPS) is 11.2.